The van der Waals surface area contributed by atoms with E-state index < -0.39 is 14.4 Å². The zero-order valence-electron chi connectivity index (χ0n) is 26.1. The molecule has 0 spiro atoms. The van der Waals surface area contributed by atoms with Gasteiger partial charge in [-0.3, -0.25) is 0 Å². The summed E-state index contributed by atoms with van der Waals surface area (Å²) in [5.41, 5.74) is 4.93. The lowest BCUT2D eigenvalue weighted by atomic mass is 9.92. The topological polar surface area (TPSA) is 38.8 Å². The van der Waals surface area contributed by atoms with E-state index in [2.05, 4.69) is 106 Å². The number of fused-ring (bicyclic) bond motifs is 1. The number of nitrogens with zero attached hydrogens (tertiary/aromatic N) is 1. The number of carbonyl (C=O) groups excluding carboxylic acids is 1. The Bertz CT molecular complexity index is 1690. The standard InChI is InChI=1S/C40H39NO3Si/c1-40(2,3)45(35-22-12-6-13-23-35,36-24-14-7-15-25-36)44-38-26-16-17-32-29-31(27-28-37(32)38)30-43-39(42)41(33-18-8-4-9-19-33)34-20-10-5-11-21-34/h4-26,29H,27-28,30H2,1-3H3. The molecule has 5 aromatic carbocycles. The summed E-state index contributed by atoms with van der Waals surface area (Å²) in [6, 6.07) is 47.0. The van der Waals surface area contributed by atoms with Gasteiger partial charge in [-0.1, -0.05) is 136 Å². The van der Waals surface area contributed by atoms with E-state index in [1.54, 1.807) is 4.90 Å². The van der Waals surface area contributed by atoms with E-state index in [-0.39, 0.29) is 11.6 Å². The van der Waals surface area contributed by atoms with Crippen molar-refractivity contribution in [2.24, 2.45) is 0 Å². The van der Waals surface area contributed by atoms with Crippen molar-refractivity contribution in [1.29, 1.82) is 0 Å². The smallest absolute Gasteiger partial charge is 0.419 e. The van der Waals surface area contributed by atoms with Gasteiger partial charge in [-0.25, -0.2) is 9.69 Å². The molecular weight excluding hydrogens is 571 g/mol. The predicted molar refractivity (Wildman–Crippen MR) is 187 cm³/mol. The molecule has 0 radical (unpaired) electrons. The average molecular weight is 610 g/mol. The van der Waals surface area contributed by atoms with E-state index in [0.29, 0.717) is 0 Å². The van der Waals surface area contributed by atoms with Crippen LogP contribution in [0.2, 0.25) is 5.04 Å². The molecule has 0 saturated heterocycles. The first-order valence-corrected chi connectivity index (χ1v) is 17.5. The van der Waals surface area contributed by atoms with Crippen LogP contribution >= 0.6 is 0 Å². The van der Waals surface area contributed by atoms with Crippen molar-refractivity contribution >= 4 is 42.2 Å². The van der Waals surface area contributed by atoms with Gasteiger partial charge in [0.05, 0.1) is 11.4 Å². The Morgan fingerprint density at radius 1 is 0.667 bits per heavy atom. The van der Waals surface area contributed by atoms with Crippen molar-refractivity contribution in [3.8, 4) is 5.75 Å². The molecule has 4 nitrogen and oxygen atoms in total. The zero-order valence-corrected chi connectivity index (χ0v) is 27.1. The summed E-state index contributed by atoms with van der Waals surface area (Å²) < 4.78 is 13.4. The van der Waals surface area contributed by atoms with Crippen LogP contribution in [0.15, 0.2) is 145 Å². The summed E-state index contributed by atoms with van der Waals surface area (Å²) >= 11 is 0. The first-order chi connectivity index (χ1) is 21.9. The molecule has 5 aromatic rings. The molecule has 0 fully saturated rings. The summed E-state index contributed by atoms with van der Waals surface area (Å²) in [4.78, 5) is 15.1. The van der Waals surface area contributed by atoms with Crippen molar-refractivity contribution < 1.29 is 14.0 Å². The lowest BCUT2D eigenvalue weighted by molar-refractivity contribution is 0.165. The number of rotatable bonds is 8. The maximum atomic E-state index is 13.5. The van der Waals surface area contributed by atoms with Gasteiger partial charge in [-0.15, -0.1) is 0 Å². The van der Waals surface area contributed by atoms with Crippen LogP contribution in [0, 0.1) is 0 Å². The second-order valence-corrected chi connectivity index (χ2v) is 16.7. The van der Waals surface area contributed by atoms with Crippen LogP contribution < -0.4 is 19.7 Å². The highest BCUT2D eigenvalue weighted by atomic mass is 28.4. The van der Waals surface area contributed by atoms with Crippen molar-refractivity contribution in [3.05, 3.63) is 156 Å². The van der Waals surface area contributed by atoms with Crippen LogP contribution in [0.5, 0.6) is 5.75 Å². The highest BCUT2D eigenvalue weighted by Crippen LogP contribution is 2.40. The number of ether oxygens (including phenoxy) is 1. The van der Waals surface area contributed by atoms with Crippen LogP contribution in [0.4, 0.5) is 16.2 Å². The Labute approximate surface area is 267 Å². The molecule has 0 atom stereocenters. The number of hydrogen-bond donors (Lipinski definition) is 0. The van der Waals surface area contributed by atoms with Crippen LogP contribution in [0.3, 0.4) is 0 Å². The third-order valence-corrected chi connectivity index (χ3v) is 13.4. The molecule has 1 aliphatic carbocycles. The minimum absolute atomic E-state index is 0.133. The fourth-order valence-corrected chi connectivity index (χ4v) is 10.8. The summed E-state index contributed by atoms with van der Waals surface area (Å²) in [5.74, 6) is 0.938. The molecule has 0 saturated carbocycles. The molecule has 1 aliphatic rings. The third-order valence-electron chi connectivity index (χ3n) is 8.50. The molecule has 5 heteroatoms. The summed E-state index contributed by atoms with van der Waals surface area (Å²) in [6.45, 7) is 7.13. The number of benzene rings is 5. The monoisotopic (exact) mass is 609 g/mol. The van der Waals surface area contributed by atoms with E-state index in [4.69, 9.17) is 9.16 Å². The van der Waals surface area contributed by atoms with Gasteiger partial charge >= 0.3 is 14.4 Å². The molecular formula is C40H39NO3Si. The number of carbonyl (C=O) groups is 1. The average Bonchev–Trinajstić information content (AvgIpc) is 3.07. The third kappa shape index (κ3) is 6.22. The second kappa shape index (κ2) is 13.0. The normalized spacial score (nSPS) is 12.9. The molecule has 0 heterocycles. The van der Waals surface area contributed by atoms with Crippen LogP contribution in [0.1, 0.15) is 38.3 Å². The van der Waals surface area contributed by atoms with Gasteiger partial charge in [0.15, 0.2) is 0 Å². The fourth-order valence-electron chi connectivity index (χ4n) is 6.32. The molecule has 6 rings (SSSR count). The molecule has 0 N–H and O–H groups in total. The van der Waals surface area contributed by atoms with Crippen LogP contribution in [-0.4, -0.2) is 21.0 Å². The predicted octanol–water partition coefficient (Wildman–Crippen LogP) is 8.93. The lowest BCUT2D eigenvalue weighted by Crippen LogP contribution is -2.68. The minimum atomic E-state index is -2.77. The Morgan fingerprint density at radius 2 is 1.18 bits per heavy atom. The van der Waals surface area contributed by atoms with Crippen LogP contribution in [-0.2, 0) is 11.2 Å². The van der Waals surface area contributed by atoms with Gasteiger partial charge in [-0.2, -0.15) is 0 Å². The summed E-state index contributed by atoms with van der Waals surface area (Å²) in [7, 11) is -2.77. The fraction of sp³-hybridized carbons (Fsp3) is 0.175. The lowest BCUT2D eigenvalue weighted by Gasteiger charge is -2.43. The summed E-state index contributed by atoms with van der Waals surface area (Å²) in [6.07, 6.45) is 3.37. The van der Waals surface area contributed by atoms with Gasteiger partial charge < -0.3 is 9.16 Å². The molecule has 226 valence electrons. The molecule has 0 aromatic heterocycles. The first-order valence-electron chi connectivity index (χ1n) is 15.6. The van der Waals surface area contributed by atoms with Crippen LogP contribution in [0.25, 0.3) is 6.08 Å². The van der Waals surface area contributed by atoms with Gasteiger partial charge in [0.25, 0.3) is 0 Å². The maximum absolute atomic E-state index is 13.5. The SMILES string of the molecule is CC(C)(C)[Si](Oc1cccc2c1CCC(COC(=O)N(c1ccccc1)c1ccccc1)=C2)(c1ccccc1)c1ccccc1. The highest BCUT2D eigenvalue weighted by molar-refractivity contribution is 7.00. The van der Waals surface area contributed by atoms with Crippen molar-refractivity contribution in [3.63, 3.8) is 0 Å². The number of para-hydroxylation sites is 2. The van der Waals surface area contributed by atoms with Crippen molar-refractivity contribution in [2.75, 3.05) is 11.5 Å². The van der Waals surface area contributed by atoms with E-state index in [1.807, 2.05) is 60.7 Å². The maximum Gasteiger partial charge on any atom is 0.419 e. The van der Waals surface area contributed by atoms with Gasteiger partial charge in [-0.05, 0) is 69.7 Å². The number of amides is 1. The van der Waals surface area contributed by atoms with Gasteiger partial charge in [0.2, 0.25) is 0 Å². The second-order valence-electron chi connectivity index (χ2n) is 12.5. The van der Waals surface area contributed by atoms with Crippen molar-refractivity contribution in [1.82, 2.24) is 0 Å². The minimum Gasteiger partial charge on any atom is -0.534 e. The van der Waals surface area contributed by atoms with E-state index in [9.17, 15) is 4.79 Å². The molecule has 0 unspecified atom stereocenters. The quantitative estimate of drug-likeness (QED) is 0.165. The van der Waals surface area contributed by atoms with E-state index in [0.717, 1.165) is 41.1 Å². The van der Waals surface area contributed by atoms with Gasteiger partial charge in [0.1, 0.15) is 12.4 Å². The Balaban J connectivity index is 1.29. The first kappa shape index (κ1) is 30.2. The van der Waals surface area contributed by atoms with E-state index >= 15 is 0 Å². The molecule has 0 aliphatic heterocycles. The zero-order chi connectivity index (χ0) is 31.3. The Kier molecular flexibility index (Phi) is 8.72. The Morgan fingerprint density at radius 3 is 1.69 bits per heavy atom. The highest BCUT2D eigenvalue weighted by Gasteiger charge is 2.52. The van der Waals surface area contributed by atoms with E-state index in [1.165, 1.54) is 15.9 Å². The van der Waals surface area contributed by atoms with Crippen molar-refractivity contribution in [2.45, 2.75) is 38.7 Å². The molecule has 1 amide bonds. The summed E-state index contributed by atoms with van der Waals surface area (Å²) in [5, 5.41) is 2.37. The largest absolute Gasteiger partial charge is 0.534 e. The molecule has 0 bridgehead atoms. The van der Waals surface area contributed by atoms with Gasteiger partial charge in [0, 0.05) is 5.56 Å². The Hall–Kier alpha value is -4.87. The number of anilines is 2. The molecule has 45 heavy (non-hydrogen) atoms. The number of hydrogen-bond acceptors (Lipinski definition) is 3.